The molecule has 1 aromatic rings. The van der Waals surface area contributed by atoms with Crippen LogP contribution in [-0.2, 0) is 20.6 Å². The van der Waals surface area contributed by atoms with Gasteiger partial charge < -0.3 is 4.74 Å². The quantitative estimate of drug-likeness (QED) is 0.422. The van der Waals surface area contributed by atoms with Crippen molar-refractivity contribution in [1.29, 1.82) is 0 Å². The molecule has 0 bridgehead atoms. The lowest BCUT2D eigenvalue weighted by Crippen LogP contribution is -2.21. The summed E-state index contributed by atoms with van der Waals surface area (Å²) in [6.07, 6.45) is -10.4. The Labute approximate surface area is 126 Å². The fraction of sp³-hybridized carbons (Fsp3) is 0.375. The van der Waals surface area contributed by atoms with Crippen LogP contribution in [0.5, 0.6) is 5.88 Å². The number of ether oxygens (including phenoxy) is 1. The lowest BCUT2D eigenvalue weighted by Gasteiger charge is -2.17. The second-order valence-corrected chi connectivity index (χ2v) is 6.47. The number of rotatable bonds is 3. The van der Waals surface area contributed by atoms with Gasteiger partial charge in [0.05, 0.1) is 5.56 Å². The lowest BCUT2D eigenvalue weighted by molar-refractivity contribution is -0.277. The van der Waals surface area contributed by atoms with Gasteiger partial charge in [-0.05, 0) is 0 Å². The number of alkyl halides is 7. The molecule has 1 heterocycles. The second kappa shape index (κ2) is 5.80. The van der Waals surface area contributed by atoms with Crippen LogP contribution in [0.4, 0.5) is 26.3 Å². The van der Waals surface area contributed by atoms with Crippen LogP contribution in [0.25, 0.3) is 0 Å². The molecule has 0 spiro atoms. The Hall–Kier alpha value is -0.750. The molecule has 0 atom stereocenters. The van der Waals surface area contributed by atoms with E-state index in [9.17, 15) is 34.8 Å². The molecule has 0 aliphatic heterocycles. The van der Waals surface area contributed by atoms with Gasteiger partial charge in [0.1, 0.15) is 4.90 Å². The van der Waals surface area contributed by atoms with Crippen LogP contribution in [0.1, 0.15) is 11.1 Å². The fourth-order valence-corrected chi connectivity index (χ4v) is 3.35. The van der Waals surface area contributed by atoms with Gasteiger partial charge in [0.25, 0.3) is 9.05 Å². The topological polar surface area (TPSA) is 56.3 Å². The highest BCUT2D eigenvalue weighted by molar-refractivity contribution is 9.08. The summed E-state index contributed by atoms with van der Waals surface area (Å²) in [6, 6.07) is 0. The van der Waals surface area contributed by atoms with Crippen molar-refractivity contribution in [2.24, 2.45) is 0 Å². The predicted molar refractivity (Wildman–Crippen MR) is 61.6 cm³/mol. The van der Waals surface area contributed by atoms with Crippen LogP contribution < -0.4 is 4.74 Å². The third kappa shape index (κ3) is 4.61. The molecule has 21 heavy (non-hydrogen) atoms. The summed E-state index contributed by atoms with van der Waals surface area (Å²) in [4.78, 5) is 1.27. The van der Waals surface area contributed by atoms with Crippen molar-refractivity contribution in [2.75, 3.05) is 0 Å². The number of nitrogens with zero attached hydrogens (tertiary/aromatic N) is 1. The molecule has 0 N–H and O–H groups in total. The molecule has 1 rings (SSSR count). The highest BCUT2D eigenvalue weighted by Gasteiger charge is 2.41. The molecule has 0 saturated heterocycles. The molecule has 0 aromatic carbocycles. The fourth-order valence-electron chi connectivity index (χ4n) is 1.32. The minimum Gasteiger partial charge on any atom is -0.386 e. The van der Waals surface area contributed by atoms with E-state index in [2.05, 4.69) is 25.7 Å². The summed E-state index contributed by atoms with van der Waals surface area (Å²) in [5.74, 6) is -1.58. The van der Waals surface area contributed by atoms with Crippen molar-refractivity contribution in [3.63, 3.8) is 0 Å². The van der Waals surface area contributed by atoms with Crippen LogP contribution in [0, 0.1) is 0 Å². The van der Waals surface area contributed by atoms with Crippen LogP contribution in [-0.4, -0.2) is 19.8 Å². The van der Waals surface area contributed by atoms with Gasteiger partial charge in [-0.15, -0.1) is 13.2 Å². The normalized spacial score (nSPS) is 13.3. The highest BCUT2D eigenvalue weighted by Crippen LogP contribution is 2.40. The summed E-state index contributed by atoms with van der Waals surface area (Å²) in [5.41, 5.74) is -2.58. The van der Waals surface area contributed by atoms with E-state index in [1.165, 1.54) is 0 Å². The largest absolute Gasteiger partial charge is 0.574 e. The molecular formula is C8H3BrClF6NO3S. The summed E-state index contributed by atoms with van der Waals surface area (Å²) in [6.45, 7) is 0. The van der Waals surface area contributed by atoms with E-state index >= 15 is 0 Å². The molecule has 0 aliphatic carbocycles. The third-order valence-corrected chi connectivity index (χ3v) is 3.93. The first-order valence-electron chi connectivity index (χ1n) is 4.63. The van der Waals surface area contributed by atoms with E-state index in [4.69, 9.17) is 10.7 Å². The highest BCUT2D eigenvalue weighted by atomic mass is 79.9. The van der Waals surface area contributed by atoms with Gasteiger partial charge in [0, 0.05) is 27.8 Å². The Kier molecular flexibility index (Phi) is 5.05. The zero-order valence-electron chi connectivity index (χ0n) is 9.39. The van der Waals surface area contributed by atoms with Gasteiger partial charge in [-0.3, -0.25) is 0 Å². The van der Waals surface area contributed by atoms with E-state index in [1.54, 1.807) is 0 Å². The monoisotopic (exact) mass is 421 g/mol. The Balaban J connectivity index is 3.72. The van der Waals surface area contributed by atoms with Crippen molar-refractivity contribution in [3.8, 4) is 5.88 Å². The van der Waals surface area contributed by atoms with Crippen molar-refractivity contribution >= 4 is 35.7 Å². The zero-order chi connectivity index (χ0) is 16.6. The first kappa shape index (κ1) is 18.3. The van der Waals surface area contributed by atoms with E-state index < -0.39 is 48.8 Å². The van der Waals surface area contributed by atoms with E-state index in [0.717, 1.165) is 0 Å². The standard InChI is InChI=1S/C8H3BrClF6NO3S/c9-1-3-4(7(11,12)13)2-17-6(20-8(14,15)16)5(3)21(10,18)19/h2H,1H2. The molecule has 0 amide bonds. The molecule has 4 nitrogen and oxygen atoms in total. The Morgan fingerprint density at radius 1 is 1.24 bits per heavy atom. The van der Waals surface area contributed by atoms with Crippen LogP contribution >= 0.6 is 26.6 Å². The van der Waals surface area contributed by atoms with Gasteiger partial charge in [0.2, 0.25) is 5.88 Å². The molecule has 0 radical (unpaired) electrons. The van der Waals surface area contributed by atoms with E-state index in [-0.39, 0.29) is 6.20 Å². The molecule has 0 aliphatic rings. The van der Waals surface area contributed by atoms with Gasteiger partial charge in [0.15, 0.2) is 0 Å². The molecule has 0 fully saturated rings. The summed E-state index contributed by atoms with van der Waals surface area (Å²) >= 11 is 2.57. The SMILES string of the molecule is O=S(=O)(Cl)c1c(OC(F)(F)F)ncc(C(F)(F)F)c1CBr. The minimum absolute atomic E-state index is 0.0310. The van der Waals surface area contributed by atoms with Crippen molar-refractivity contribution in [1.82, 2.24) is 4.98 Å². The van der Waals surface area contributed by atoms with Gasteiger partial charge >= 0.3 is 12.5 Å². The Morgan fingerprint density at radius 3 is 2.10 bits per heavy atom. The number of aromatic nitrogens is 1. The average molecular weight is 423 g/mol. The van der Waals surface area contributed by atoms with Crippen molar-refractivity contribution in [2.45, 2.75) is 22.8 Å². The minimum atomic E-state index is -5.35. The smallest absolute Gasteiger partial charge is 0.386 e. The average Bonchev–Trinajstić information content (AvgIpc) is 2.22. The molecule has 13 heteroatoms. The Bertz CT molecular complexity index is 645. The van der Waals surface area contributed by atoms with Crippen LogP contribution in [0.2, 0.25) is 0 Å². The van der Waals surface area contributed by atoms with Crippen LogP contribution in [0.15, 0.2) is 11.1 Å². The number of hydrogen-bond acceptors (Lipinski definition) is 4. The summed E-state index contributed by atoms with van der Waals surface area (Å²) in [5, 5.41) is -0.736. The molecule has 0 saturated carbocycles. The first-order chi connectivity index (χ1) is 9.27. The Morgan fingerprint density at radius 2 is 1.76 bits per heavy atom. The molecule has 120 valence electrons. The van der Waals surface area contributed by atoms with Gasteiger partial charge in [-0.25, -0.2) is 13.4 Å². The van der Waals surface area contributed by atoms with E-state index in [0.29, 0.717) is 0 Å². The number of pyridine rings is 1. The maximum absolute atomic E-state index is 12.7. The third-order valence-electron chi connectivity index (χ3n) is 2.00. The summed E-state index contributed by atoms with van der Waals surface area (Å²) < 4.78 is 100. The summed E-state index contributed by atoms with van der Waals surface area (Å²) in [7, 11) is -0.0814. The van der Waals surface area contributed by atoms with Gasteiger partial charge in [-0.1, -0.05) is 15.9 Å². The molecule has 0 unspecified atom stereocenters. The van der Waals surface area contributed by atoms with Crippen molar-refractivity contribution in [3.05, 3.63) is 17.3 Å². The zero-order valence-corrected chi connectivity index (χ0v) is 12.5. The van der Waals surface area contributed by atoms with Gasteiger partial charge in [-0.2, -0.15) is 13.2 Å². The molecular weight excluding hydrogens is 420 g/mol. The molecule has 1 aromatic heterocycles. The predicted octanol–water partition coefficient (Wildman–Crippen LogP) is 3.82. The number of hydrogen-bond donors (Lipinski definition) is 0. The second-order valence-electron chi connectivity index (χ2n) is 3.40. The van der Waals surface area contributed by atoms with E-state index in [1.807, 2.05) is 0 Å². The maximum atomic E-state index is 12.7. The lowest BCUT2D eigenvalue weighted by atomic mass is 10.1. The van der Waals surface area contributed by atoms with Crippen LogP contribution in [0.3, 0.4) is 0 Å². The van der Waals surface area contributed by atoms with Crippen molar-refractivity contribution < 1.29 is 39.5 Å². The number of halogens is 8. The first-order valence-corrected chi connectivity index (χ1v) is 8.06. The maximum Gasteiger partial charge on any atom is 0.574 e.